The summed E-state index contributed by atoms with van der Waals surface area (Å²) >= 11 is 0. The van der Waals surface area contributed by atoms with E-state index in [2.05, 4.69) is 5.32 Å². The van der Waals surface area contributed by atoms with Crippen LogP contribution in [0.15, 0.2) is 24.3 Å². The summed E-state index contributed by atoms with van der Waals surface area (Å²) in [4.78, 5) is 13.6. The third-order valence-electron chi connectivity index (χ3n) is 2.82. The van der Waals surface area contributed by atoms with Crippen LogP contribution in [0.3, 0.4) is 0 Å². The average Bonchev–Trinajstić information content (AvgIpc) is 2.34. The second-order valence-corrected chi connectivity index (χ2v) is 4.04. The zero-order valence-corrected chi connectivity index (χ0v) is 10.5. The SMILES string of the molecule is CCC(CNC)C(=O)N(C)c1cccc(F)c1. The Morgan fingerprint density at radius 1 is 1.53 bits per heavy atom. The molecule has 17 heavy (non-hydrogen) atoms. The number of benzene rings is 1. The van der Waals surface area contributed by atoms with Gasteiger partial charge in [0.1, 0.15) is 5.82 Å². The molecular formula is C13H19FN2O. The summed E-state index contributed by atoms with van der Waals surface area (Å²) in [5.74, 6) is -0.399. The van der Waals surface area contributed by atoms with E-state index in [4.69, 9.17) is 0 Å². The Morgan fingerprint density at radius 3 is 2.76 bits per heavy atom. The highest BCUT2D eigenvalue weighted by Crippen LogP contribution is 2.17. The van der Waals surface area contributed by atoms with Gasteiger partial charge in [0.2, 0.25) is 5.91 Å². The minimum Gasteiger partial charge on any atom is -0.319 e. The van der Waals surface area contributed by atoms with Gasteiger partial charge >= 0.3 is 0 Å². The highest BCUT2D eigenvalue weighted by atomic mass is 19.1. The number of carbonyl (C=O) groups excluding carboxylic acids is 1. The van der Waals surface area contributed by atoms with Crippen LogP contribution in [-0.4, -0.2) is 26.5 Å². The number of hydrogen-bond acceptors (Lipinski definition) is 2. The zero-order chi connectivity index (χ0) is 12.8. The number of hydrogen-bond donors (Lipinski definition) is 1. The standard InChI is InChI=1S/C13H19FN2O/c1-4-10(9-15-2)13(17)16(3)12-7-5-6-11(14)8-12/h5-8,10,15H,4,9H2,1-3H3. The van der Waals surface area contributed by atoms with Crippen LogP contribution >= 0.6 is 0 Å². The normalized spacial score (nSPS) is 12.2. The van der Waals surface area contributed by atoms with Crippen LogP contribution in [-0.2, 0) is 4.79 Å². The number of amides is 1. The maximum Gasteiger partial charge on any atom is 0.231 e. The molecule has 0 aliphatic carbocycles. The Labute approximate surface area is 102 Å². The minimum absolute atomic E-state index is 0.00690. The van der Waals surface area contributed by atoms with Gasteiger partial charge in [0.05, 0.1) is 5.92 Å². The lowest BCUT2D eigenvalue weighted by molar-refractivity contribution is -0.122. The van der Waals surface area contributed by atoms with Crippen LogP contribution in [0.2, 0.25) is 0 Å². The largest absolute Gasteiger partial charge is 0.319 e. The summed E-state index contributed by atoms with van der Waals surface area (Å²) in [6.45, 7) is 2.61. The smallest absolute Gasteiger partial charge is 0.231 e. The third kappa shape index (κ3) is 3.53. The number of anilines is 1. The number of rotatable bonds is 5. The third-order valence-corrected chi connectivity index (χ3v) is 2.82. The molecule has 1 amide bonds. The van der Waals surface area contributed by atoms with Crippen molar-refractivity contribution in [2.75, 3.05) is 25.5 Å². The van der Waals surface area contributed by atoms with Gasteiger partial charge in [-0.1, -0.05) is 13.0 Å². The van der Waals surface area contributed by atoms with Gasteiger partial charge < -0.3 is 10.2 Å². The molecule has 0 saturated heterocycles. The van der Waals surface area contributed by atoms with Crippen molar-refractivity contribution in [1.82, 2.24) is 5.32 Å². The average molecular weight is 238 g/mol. The molecule has 0 aromatic heterocycles. The van der Waals surface area contributed by atoms with Gasteiger partial charge in [-0.2, -0.15) is 0 Å². The molecule has 1 aromatic rings. The molecule has 0 aliphatic heterocycles. The lowest BCUT2D eigenvalue weighted by atomic mass is 10.0. The van der Waals surface area contributed by atoms with Gasteiger partial charge in [-0.15, -0.1) is 0 Å². The molecule has 0 radical (unpaired) electrons. The predicted octanol–water partition coefficient (Wildman–Crippen LogP) is 2.03. The van der Waals surface area contributed by atoms with Crippen LogP contribution < -0.4 is 10.2 Å². The molecule has 0 aliphatic rings. The zero-order valence-electron chi connectivity index (χ0n) is 10.5. The fourth-order valence-corrected chi connectivity index (χ4v) is 1.74. The van der Waals surface area contributed by atoms with E-state index < -0.39 is 0 Å². The summed E-state index contributed by atoms with van der Waals surface area (Å²) in [6, 6.07) is 6.07. The topological polar surface area (TPSA) is 32.3 Å². The Kier molecular flexibility index (Phi) is 5.10. The first kappa shape index (κ1) is 13.6. The first-order valence-corrected chi connectivity index (χ1v) is 5.77. The first-order valence-electron chi connectivity index (χ1n) is 5.77. The second kappa shape index (κ2) is 6.35. The molecule has 94 valence electrons. The second-order valence-electron chi connectivity index (χ2n) is 4.04. The lowest BCUT2D eigenvalue weighted by Gasteiger charge is -2.23. The minimum atomic E-state index is -0.330. The maximum atomic E-state index is 13.1. The van der Waals surface area contributed by atoms with Crippen LogP contribution in [0.5, 0.6) is 0 Å². The van der Waals surface area contributed by atoms with Gasteiger partial charge in [0.15, 0.2) is 0 Å². The van der Waals surface area contributed by atoms with Gasteiger partial charge in [0, 0.05) is 19.3 Å². The molecule has 0 heterocycles. The Hall–Kier alpha value is -1.42. The summed E-state index contributed by atoms with van der Waals surface area (Å²) in [7, 11) is 3.49. The van der Waals surface area contributed by atoms with Crippen molar-refractivity contribution in [2.45, 2.75) is 13.3 Å². The van der Waals surface area contributed by atoms with E-state index in [1.165, 1.54) is 17.0 Å². The molecule has 0 saturated carbocycles. The lowest BCUT2D eigenvalue weighted by Crippen LogP contribution is -2.37. The number of carbonyl (C=O) groups is 1. The van der Waals surface area contributed by atoms with Crippen LogP contribution in [0.4, 0.5) is 10.1 Å². The molecule has 0 spiro atoms. The van der Waals surface area contributed by atoms with Crippen LogP contribution in [0.25, 0.3) is 0 Å². The molecule has 1 rings (SSSR count). The monoisotopic (exact) mass is 238 g/mol. The van der Waals surface area contributed by atoms with Gasteiger partial charge in [0.25, 0.3) is 0 Å². The Bertz CT molecular complexity index is 381. The molecule has 1 aromatic carbocycles. The Balaban J connectivity index is 2.81. The van der Waals surface area contributed by atoms with Crippen molar-refractivity contribution in [1.29, 1.82) is 0 Å². The summed E-state index contributed by atoms with van der Waals surface area (Å²) in [5, 5.41) is 3.00. The molecular weight excluding hydrogens is 219 g/mol. The predicted molar refractivity (Wildman–Crippen MR) is 67.5 cm³/mol. The van der Waals surface area contributed by atoms with Crippen LogP contribution in [0.1, 0.15) is 13.3 Å². The van der Waals surface area contributed by atoms with E-state index in [1.54, 1.807) is 19.2 Å². The molecule has 1 unspecified atom stereocenters. The Morgan fingerprint density at radius 2 is 2.24 bits per heavy atom. The van der Waals surface area contributed by atoms with E-state index in [-0.39, 0.29) is 17.6 Å². The van der Waals surface area contributed by atoms with Gasteiger partial charge in [-0.25, -0.2) is 4.39 Å². The van der Waals surface area contributed by atoms with Gasteiger partial charge in [-0.3, -0.25) is 4.79 Å². The van der Waals surface area contributed by atoms with Crippen molar-refractivity contribution in [3.05, 3.63) is 30.1 Å². The summed E-state index contributed by atoms with van der Waals surface area (Å²) < 4.78 is 13.1. The number of nitrogens with one attached hydrogen (secondary N) is 1. The van der Waals surface area contributed by atoms with Crippen molar-refractivity contribution in [3.8, 4) is 0 Å². The molecule has 1 atom stereocenters. The van der Waals surface area contributed by atoms with E-state index in [0.717, 1.165) is 6.42 Å². The highest BCUT2D eigenvalue weighted by molar-refractivity contribution is 5.94. The van der Waals surface area contributed by atoms with Crippen LogP contribution in [0, 0.1) is 11.7 Å². The van der Waals surface area contributed by atoms with E-state index in [1.807, 2.05) is 14.0 Å². The number of nitrogens with zero attached hydrogens (tertiary/aromatic N) is 1. The molecule has 0 bridgehead atoms. The fourth-order valence-electron chi connectivity index (χ4n) is 1.74. The molecule has 4 heteroatoms. The van der Waals surface area contributed by atoms with Crippen molar-refractivity contribution in [2.24, 2.45) is 5.92 Å². The summed E-state index contributed by atoms with van der Waals surface area (Å²) in [6.07, 6.45) is 0.763. The molecule has 3 nitrogen and oxygen atoms in total. The number of halogens is 1. The van der Waals surface area contributed by atoms with Crippen molar-refractivity contribution in [3.63, 3.8) is 0 Å². The maximum absolute atomic E-state index is 13.1. The van der Waals surface area contributed by atoms with Crippen molar-refractivity contribution < 1.29 is 9.18 Å². The van der Waals surface area contributed by atoms with Gasteiger partial charge in [-0.05, 0) is 31.7 Å². The quantitative estimate of drug-likeness (QED) is 0.851. The first-order chi connectivity index (χ1) is 8.10. The van der Waals surface area contributed by atoms with E-state index in [9.17, 15) is 9.18 Å². The van der Waals surface area contributed by atoms with Crippen molar-refractivity contribution >= 4 is 11.6 Å². The fraction of sp³-hybridized carbons (Fsp3) is 0.462. The highest BCUT2D eigenvalue weighted by Gasteiger charge is 2.20. The molecule has 1 N–H and O–H groups in total. The van der Waals surface area contributed by atoms with E-state index >= 15 is 0 Å². The molecule has 0 fully saturated rings. The van der Waals surface area contributed by atoms with E-state index in [0.29, 0.717) is 12.2 Å². The summed E-state index contributed by atoms with van der Waals surface area (Å²) in [5.41, 5.74) is 0.588.